The molecule has 0 aromatic heterocycles. The maximum absolute atomic E-state index is 14.2. The molecule has 22 heavy (non-hydrogen) atoms. The first-order valence-corrected chi connectivity index (χ1v) is 7.14. The first kappa shape index (κ1) is 21.5. The Labute approximate surface area is 148 Å². The van der Waals surface area contributed by atoms with Crippen LogP contribution in [0.2, 0.25) is 5.02 Å². The molecule has 0 radical (unpaired) electrons. The van der Waals surface area contributed by atoms with E-state index < -0.39 is 5.82 Å². The maximum atomic E-state index is 14.2. The molecule has 0 aliphatic carbocycles. The minimum atomic E-state index is -0.420. The van der Waals surface area contributed by atoms with Crippen molar-refractivity contribution in [1.82, 2.24) is 10.2 Å². The highest BCUT2D eigenvalue weighted by Gasteiger charge is 2.28. The second-order valence-corrected chi connectivity index (χ2v) is 5.66. The van der Waals surface area contributed by atoms with Gasteiger partial charge in [0.25, 0.3) is 0 Å². The van der Waals surface area contributed by atoms with E-state index in [2.05, 4.69) is 16.8 Å². The Bertz CT molecular complexity index is 508. The van der Waals surface area contributed by atoms with Gasteiger partial charge in [-0.2, -0.15) is 0 Å². The second-order valence-electron chi connectivity index (χ2n) is 5.25. The van der Waals surface area contributed by atoms with Crippen molar-refractivity contribution < 1.29 is 9.50 Å². The Morgan fingerprint density at radius 2 is 2.00 bits per heavy atom. The summed E-state index contributed by atoms with van der Waals surface area (Å²) < 4.78 is 14.2. The smallest absolute Gasteiger partial charge is 0.141 e. The summed E-state index contributed by atoms with van der Waals surface area (Å²) in [4.78, 5) is 2.17. The maximum Gasteiger partial charge on any atom is 0.141 e. The van der Waals surface area contributed by atoms with Crippen LogP contribution >= 0.6 is 36.4 Å². The molecule has 0 unspecified atom stereocenters. The topological polar surface area (TPSA) is 35.5 Å². The van der Waals surface area contributed by atoms with Gasteiger partial charge in [0.15, 0.2) is 0 Å². The highest BCUT2D eigenvalue weighted by atomic mass is 35.5. The van der Waals surface area contributed by atoms with E-state index in [0.717, 1.165) is 31.8 Å². The SMILES string of the molecule is C=C(C)C[C@@H](c1c(F)ccc(Cl)c1O)N1CCNCC1.Cl.Cl. The number of phenols is 1. The van der Waals surface area contributed by atoms with E-state index in [-0.39, 0.29) is 47.2 Å². The van der Waals surface area contributed by atoms with Crippen molar-refractivity contribution in [2.75, 3.05) is 26.2 Å². The Hall–Kier alpha value is -0.520. The Kier molecular flexibility index (Phi) is 9.35. The van der Waals surface area contributed by atoms with Crippen LogP contribution in [0.1, 0.15) is 24.9 Å². The Morgan fingerprint density at radius 1 is 1.41 bits per heavy atom. The normalized spacial score (nSPS) is 16.3. The van der Waals surface area contributed by atoms with Gasteiger partial charge in [-0.3, -0.25) is 4.90 Å². The minimum absolute atomic E-state index is 0. The van der Waals surface area contributed by atoms with Gasteiger partial charge in [0.1, 0.15) is 11.6 Å². The summed E-state index contributed by atoms with van der Waals surface area (Å²) in [7, 11) is 0. The van der Waals surface area contributed by atoms with Crippen molar-refractivity contribution in [3.8, 4) is 5.75 Å². The standard InChI is InChI=1S/C15H20ClFN2O.2ClH/c1-10(2)9-13(19-7-5-18-6-8-19)14-12(17)4-3-11(16)15(14)20;;/h3-4,13,18,20H,1,5-9H2,2H3;2*1H/t13-;;/m0../s1. The lowest BCUT2D eigenvalue weighted by Crippen LogP contribution is -2.45. The zero-order valence-corrected chi connectivity index (χ0v) is 14.8. The van der Waals surface area contributed by atoms with Gasteiger partial charge in [-0.05, 0) is 25.5 Å². The van der Waals surface area contributed by atoms with Gasteiger partial charge >= 0.3 is 0 Å². The largest absolute Gasteiger partial charge is 0.506 e. The highest BCUT2D eigenvalue weighted by Crippen LogP contribution is 2.39. The van der Waals surface area contributed by atoms with Crippen LogP contribution in [0.25, 0.3) is 0 Å². The number of piperazine rings is 1. The number of nitrogens with zero attached hydrogens (tertiary/aromatic N) is 1. The first-order valence-electron chi connectivity index (χ1n) is 6.76. The molecular formula is C15H22Cl3FN2O. The summed E-state index contributed by atoms with van der Waals surface area (Å²) in [6.07, 6.45) is 0.602. The van der Waals surface area contributed by atoms with E-state index in [9.17, 15) is 9.50 Å². The predicted molar refractivity (Wildman–Crippen MR) is 94.2 cm³/mol. The number of aromatic hydroxyl groups is 1. The summed E-state index contributed by atoms with van der Waals surface area (Å²) in [5.74, 6) is -0.576. The van der Waals surface area contributed by atoms with Crippen molar-refractivity contribution in [3.05, 3.63) is 40.7 Å². The average molecular weight is 372 g/mol. The van der Waals surface area contributed by atoms with Crippen LogP contribution in [0.4, 0.5) is 4.39 Å². The van der Waals surface area contributed by atoms with Crippen LogP contribution in [0.3, 0.4) is 0 Å². The van der Waals surface area contributed by atoms with Gasteiger partial charge in [0.2, 0.25) is 0 Å². The Morgan fingerprint density at radius 3 is 2.55 bits per heavy atom. The van der Waals surface area contributed by atoms with Crippen LogP contribution in [0.5, 0.6) is 5.75 Å². The minimum Gasteiger partial charge on any atom is -0.506 e. The molecule has 2 rings (SSSR count). The van der Waals surface area contributed by atoms with E-state index in [4.69, 9.17) is 11.6 Å². The molecule has 1 saturated heterocycles. The van der Waals surface area contributed by atoms with E-state index in [1.165, 1.54) is 12.1 Å². The molecule has 0 bridgehead atoms. The molecular weight excluding hydrogens is 350 g/mol. The number of halogens is 4. The van der Waals surface area contributed by atoms with Gasteiger partial charge in [0, 0.05) is 37.8 Å². The number of nitrogens with one attached hydrogen (secondary N) is 1. The molecule has 1 aliphatic heterocycles. The number of hydrogen-bond acceptors (Lipinski definition) is 3. The van der Waals surface area contributed by atoms with Crippen molar-refractivity contribution in [2.45, 2.75) is 19.4 Å². The molecule has 126 valence electrons. The van der Waals surface area contributed by atoms with Crippen LogP contribution in [-0.2, 0) is 0 Å². The summed E-state index contributed by atoms with van der Waals surface area (Å²) >= 11 is 5.94. The molecule has 1 heterocycles. The van der Waals surface area contributed by atoms with E-state index >= 15 is 0 Å². The zero-order chi connectivity index (χ0) is 14.7. The van der Waals surface area contributed by atoms with Gasteiger partial charge in [-0.25, -0.2) is 4.39 Å². The third-order valence-electron chi connectivity index (χ3n) is 3.58. The third-order valence-corrected chi connectivity index (χ3v) is 3.89. The summed E-state index contributed by atoms with van der Waals surface area (Å²) in [6, 6.07) is 2.46. The number of rotatable bonds is 4. The fraction of sp³-hybridized carbons (Fsp3) is 0.467. The molecule has 1 atom stereocenters. The monoisotopic (exact) mass is 370 g/mol. The van der Waals surface area contributed by atoms with E-state index in [1.54, 1.807) is 0 Å². The number of benzene rings is 1. The van der Waals surface area contributed by atoms with Gasteiger partial charge in [-0.15, -0.1) is 31.4 Å². The summed E-state index contributed by atoms with van der Waals surface area (Å²) in [6.45, 7) is 9.16. The van der Waals surface area contributed by atoms with Gasteiger partial charge in [-0.1, -0.05) is 17.2 Å². The van der Waals surface area contributed by atoms with Crippen molar-refractivity contribution >= 4 is 36.4 Å². The third kappa shape index (κ3) is 5.00. The Balaban J connectivity index is 0.00000220. The molecule has 1 aromatic carbocycles. The zero-order valence-electron chi connectivity index (χ0n) is 12.4. The van der Waals surface area contributed by atoms with Crippen molar-refractivity contribution in [2.24, 2.45) is 0 Å². The quantitative estimate of drug-likeness (QED) is 0.787. The average Bonchev–Trinajstić information content (AvgIpc) is 2.43. The first-order chi connectivity index (χ1) is 9.50. The predicted octanol–water partition coefficient (Wildman–Crippen LogP) is 3.94. The molecule has 1 aliphatic rings. The molecule has 1 aromatic rings. The molecule has 1 fully saturated rings. The number of phenolic OH excluding ortho intramolecular Hbond substituents is 1. The molecule has 0 saturated carbocycles. The lowest BCUT2D eigenvalue weighted by atomic mass is 9.96. The fourth-order valence-electron chi connectivity index (χ4n) is 2.61. The van der Waals surface area contributed by atoms with E-state index in [0.29, 0.717) is 6.42 Å². The number of hydrogen-bond donors (Lipinski definition) is 2. The molecule has 0 amide bonds. The van der Waals surface area contributed by atoms with Crippen LogP contribution in [0.15, 0.2) is 24.3 Å². The molecule has 3 nitrogen and oxygen atoms in total. The van der Waals surface area contributed by atoms with Crippen LogP contribution < -0.4 is 5.32 Å². The summed E-state index contributed by atoms with van der Waals surface area (Å²) in [5.41, 5.74) is 1.23. The van der Waals surface area contributed by atoms with Gasteiger partial charge in [0.05, 0.1) is 5.02 Å². The lowest BCUT2D eigenvalue weighted by Gasteiger charge is -2.36. The van der Waals surface area contributed by atoms with Crippen molar-refractivity contribution in [1.29, 1.82) is 0 Å². The van der Waals surface area contributed by atoms with Gasteiger partial charge < -0.3 is 10.4 Å². The molecule has 2 N–H and O–H groups in total. The van der Waals surface area contributed by atoms with Crippen molar-refractivity contribution in [3.63, 3.8) is 0 Å². The highest BCUT2D eigenvalue weighted by molar-refractivity contribution is 6.32. The van der Waals surface area contributed by atoms with E-state index in [1.807, 2.05) is 6.92 Å². The fourth-order valence-corrected chi connectivity index (χ4v) is 2.78. The second kappa shape index (κ2) is 9.58. The molecule has 7 heteroatoms. The lowest BCUT2D eigenvalue weighted by molar-refractivity contribution is 0.166. The molecule has 0 spiro atoms. The van der Waals surface area contributed by atoms with Crippen LogP contribution in [-0.4, -0.2) is 36.2 Å². The summed E-state index contributed by atoms with van der Waals surface area (Å²) in [5, 5.41) is 13.6. The van der Waals surface area contributed by atoms with Crippen LogP contribution in [0, 0.1) is 5.82 Å².